The van der Waals surface area contributed by atoms with Crippen molar-refractivity contribution in [2.45, 2.75) is 26.7 Å². The van der Waals surface area contributed by atoms with Crippen molar-refractivity contribution in [3.63, 3.8) is 0 Å². The Kier molecular flexibility index (Phi) is 7.23. The third kappa shape index (κ3) is 4.68. The summed E-state index contributed by atoms with van der Waals surface area (Å²) in [4.78, 5) is 0. The fourth-order valence-corrected chi connectivity index (χ4v) is 3.92. The van der Waals surface area contributed by atoms with Gasteiger partial charge in [-0.2, -0.15) is 17.0 Å². The van der Waals surface area contributed by atoms with Gasteiger partial charge < -0.3 is 10.5 Å². The van der Waals surface area contributed by atoms with Crippen LogP contribution in [0.2, 0.25) is 0 Å². The molecule has 1 saturated heterocycles. The number of hydrogen-bond donors (Lipinski definition) is 1. The Morgan fingerprint density at radius 1 is 1.32 bits per heavy atom. The number of nitrogens with two attached hydrogens (primary N) is 1. The zero-order valence-corrected chi connectivity index (χ0v) is 12.9. The van der Waals surface area contributed by atoms with Crippen LogP contribution < -0.4 is 5.73 Å². The predicted molar refractivity (Wildman–Crippen MR) is 76.0 cm³/mol. The van der Waals surface area contributed by atoms with Crippen molar-refractivity contribution >= 4 is 10.2 Å². The Morgan fingerprint density at radius 3 is 2.42 bits per heavy atom. The van der Waals surface area contributed by atoms with E-state index >= 15 is 0 Å². The van der Waals surface area contributed by atoms with Crippen molar-refractivity contribution in [2.75, 3.05) is 45.9 Å². The van der Waals surface area contributed by atoms with E-state index in [4.69, 9.17) is 10.5 Å². The van der Waals surface area contributed by atoms with Crippen LogP contribution in [0.25, 0.3) is 0 Å². The molecule has 0 aromatic rings. The van der Waals surface area contributed by atoms with Gasteiger partial charge in [0, 0.05) is 32.8 Å². The van der Waals surface area contributed by atoms with Crippen molar-refractivity contribution in [1.82, 2.24) is 8.61 Å². The largest absolute Gasteiger partial charge is 0.380 e. The van der Waals surface area contributed by atoms with Crippen LogP contribution in [0.5, 0.6) is 0 Å². The highest BCUT2D eigenvalue weighted by Crippen LogP contribution is 2.20. The highest BCUT2D eigenvalue weighted by Gasteiger charge is 2.31. The third-order valence-electron chi connectivity index (χ3n) is 3.60. The van der Waals surface area contributed by atoms with Crippen LogP contribution in [0.1, 0.15) is 26.7 Å². The molecule has 0 atom stereocenters. The second kappa shape index (κ2) is 8.16. The van der Waals surface area contributed by atoms with Crippen LogP contribution in [0.4, 0.5) is 0 Å². The van der Waals surface area contributed by atoms with E-state index in [1.165, 1.54) is 4.31 Å². The maximum Gasteiger partial charge on any atom is 0.282 e. The lowest BCUT2D eigenvalue weighted by atomic mass is 9.99. The number of nitrogens with zero attached hydrogens (tertiary/aromatic N) is 2. The number of likely N-dealkylation sites (N-methyl/N-ethyl adjacent to an activating group) is 1. The van der Waals surface area contributed by atoms with Gasteiger partial charge in [-0.3, -0.25) is 0 Å². The second-order valence-electron chi connectivity index (χ2n) is 4.77. The van der Waals surface area contributed by atoms with Crippen molar-refractivity contribution < 1.29 is 13.2 Å². The summed E-state index contributed by atoms with van der Waals surface area (Å²) in [5.41, 5.74) is 5.63. The molecule has 114 valence electrons. The van der Waals surface area contributed by atoms with E-state index in [2.05, 4.69) is 0 Å². The average Bonchev–Trinajstić information content (AvgIpc) is 2.43. The molecule has 0 saturated carbocycles. The zero-order chi connectivity index (χ0) is 14.3. The molecule has 0 unspecified atom stereocenters. The topological polar surface area (TPSA) is 75.9 Å². The maximum absolute atomic E-state index is 12.5. The van der Waals surface area contributed by atoms with E-state index in [1.54, 1.807) is 4.31 Å². The molecule has 0 spiro atoms. The Balaban J connectivity index is 2.57. The molecule has 0 amide bonds. The summed E-state index contributed by atoms with van der Waals surface area (Å²) in [6.45, 7) is 7.52. The molecule has 1 aliphatic heterocycles. The minimum Gasteiger partial charge on any atom is -0.380 e. The fourth-order valence-electron chi connectivity index (χ4n) is 2.29. The van der Waals surface area contributed by atoms with Crippen molar-refractivity contribution in [3.8, 4) is 0 Å². The van der Waals surface area contributed by atoms with Crippen molar-refractivity contribution in [3.05, 3.63) is 0 Å². The van der Waals surface area contributed by atoms with Crippen LogP contribution in [-0.2, 0) is 14.9 Å². The lowest BCUT2D eigenvalue weighted by Gasteiger charge is -2.34. The first kappa shape index (κ1) is 16.8. The Labute approximate surface area is 117 Å². The van der Waals surface area contributed by atoms with Gasteiger partial charge in [-0.1, -0.05) is 6.92 Å². The summed E-state index contributed by atoms with van der Waals surface area (Å²) in [5, 5.41) is 0. The third-order valence-corrected chi connectivity index (χ3v) is 5.71. The Morgan fingerprint density at radius 2 is 1.95 bits per heavy atom. The molecule has 19 heavy (non-hydrogen) atoms. The molecule has 1 heterocycles. The predicted octanol–water partition coefficient (Wildman–Crippen LogP) is 0.260. The van der Waals surface area contributed by atoms with Crippen LogP contribution in [0, 0.1) is 5.92 Å². The molecule has 6 nitrogen and oxygen atoms in total. The van der Waals surface area contributed by atoms with Crippen LogP contribution in [0.3, 0.4) is 0 Å². The number of rotatable bonds is 8. The molecule has 0 aromatic carbocycles. The molecule has 1 fully saturated rings. The lowest BCUT2D eigenvalue weighted by molar-refractivity contribution is 0.133. The molecule has 7 heteroatoms. The lowest BCUT2D eigenvalue weighted by Crippen LogP contribution is -2.48. The Hall–Kier alpha value is -0.210. The van der Waals surface area contributed by atoms with Gasteiger partial charge in [0.05, 0.1) is 6.61 Å². The van der Waals surface area contributed by atoms with E-state index in [0.717, 1.165) is 12.8 Å². The van der Waals surface area contributed by atoms with E-state index in [9.17, 15) is 8.42 Å². The van der Waals surface area contributed by atoms with Gasteiger partial charge in [0.25, 0.3) is 10.2 Å². The van der Waals surface area contributed by atoms with Gasteiger partial charge in [-0.05, 0) is 32.2 Å². The Bertz CT molecular complexity index is 329. The van der Waals surface area contributed by atoms with E-state index in [-0.39, 0.29) is 0 Å². The molecule has 0 aromatic heterocycles. The number of ether oxygens (including phenoxy) is 1. The summed E-state index contributed by atoms with van der Waals surface area (Å²) in [5.74, 6) is 0.463. The minimum absolute atomic E-state index is 0.420. The van der Waals surface area contributed by atoms with E-state index < -0.39 is 10.2 Å². The van der Waals surface area contributed by atoms with Gasteiger partial charge in [0.15, 0.2) is 0 Å². The van der Waals surface area contributed by atoms with Gasteiger partial charge >= 0.3 is 0 Å². The summed E-state index contributed by atoms with van der Waals surface area (Å²) < 4.78 is 33.3. The molecule has 0 bridgehead atoms. The fraction of sp³-hybridized carbons (Fsp3) is 1.00. The van der Waals surface area contributed by atoms with Crippen molar-refractivity contribution in [2.24, 2.45) is 11.7 Å². The van der Waals surface area contributed by atoms with Crippen molar-refractivity contribution in [1.29, 1.82) is 0 Å². The maximum atomic E-state index is 12.5. The quantitative estimate of drug-likeness (QED) is 0.651. The first-order valence-corrected chi connectivity index (χ1v) is 8.48. The molecule has 0 radical (unpaired) electrons. The van der Waals surface area contributed by atoms with E-state index in [1.807, 2.05) is 13.8 Å². The van der Waals surface area contributed by atoms with Crippen LogP contribution in [-0.4, -0.2) is 63.0 Å². The molecule has 1 aliphatic rings. The number of piperidine rings is 1. The summed E-state index contributed by atoms with van der Waals surface area (Å²) >= 11 is 0. The number of hydrogen-bond acceptors (Lipinski definition) is 4. The first-order valence-electron chi connectivity index (χ1n) is 7.09. The molecule has 2 N–H and O–H groups in total. The normalized spacial score (nSPS) is 19.2. The first-order chi connectivity index (χ1) is 9.06. The van der Waals surface area contributed by atoms with E-state index in [0.29, 0.717) is 51.9 Å². The minimum atomic E-state index is -3.34. The van der Waals surface area contributed by atoms with Gasteiger partial charge in [0.1, 0.15) is 0 Å². The van der Waals surface area contributed by atoms with Crippen LogP contribution >= 0.6 is 0 Å². The summed E-state index contributed by atoms with van der Waals surface area (Å²) in [6.07, 6.45) is 1.72. The zero-order valence-electron chi connectivity index (χ0n) is 12.0. The standard InChI is InChI=1S/C12H27N3O3S/c1-3-14(9-10-18-4-2)19(16,17)15-7-5-12(11-13)6-8-15/h12H,3-11,13H2,1-2H3. The second-order valence-corrected chi connectivity index (χ2v) is 6.70. The monoisotopic (exact) mass is 293 g/mol. The van der Waals surface area contributed by atoms with Gasteiger partial charge in [-0.15, -0.1) is 0 Å². The molecular formula is C12H27N3O3S. The highest BCUT2D eigenvalue weighted by molar-refractivity contribution is 7.86. The smallest absolute Gasteiger partial charge is 0.282 e. The average molecular weight is 293 g/mol. The van der Waals surface area contributed by atoms with Crippen LogP contribution in [0.15, 0.2) is 0 Å². The highest BCUT2D eigenvalue weighted by atomic mass is 32.2. The SMILES string of the molecule is CCOCCN(CC)S(=O)(=O)N1CCC(CN)CC1. The van der Waals surface area contributed by atoms with Gasteiger partial charge in [-0.25, -0.2) is 0 Å². The molecule has 0 aliphatic carbocycles. The summed E-state index contributed by atoms with van der Waals surface area (Å²) in [6, 6.07) is 0. The summed E-state index contributed by atoms with van der Waals surface area (Å²) in [7, 11) is -3.34. The molecule has 1 rings (SSSR count). The van der Waals surface area contributed by atoms with Gasteiger partial charge in [0.2, 0.25) is 0 Å². The molecular weight excluding hydrogens is 266 g/mol.